The standard InChI is InChI=1S/C12H13ClN4O/c1-17-6-5-8(16-17)7-15-12(18)9-3-2-4-10(13)11(9)14/h2-6H,7,14H2,1H3,(H,15,18). The molecule has 2 rings (SSSR count). The number of benzene rings is 1. The molecule has 0 saturated carbocycles. The van der Waals surface area contributed by atoms with E-state index in [1.165, 1.54) is 0 Å². The van der Waals surface area contributed by atoms with Crippen molar-refractivity contribution in [3.8, 4) is 0 Å². The molecule has 0 aliphatic carbocycles. The molecule has 2 aromatic rings. The molecule has 5 nitrogen and oxygen atoms in total. The fourth-order valence-electron chi connectivity index (χ4n) is 1.56. The molecule has 94 valence electrons. The van der Waals surface area contributed by atoms with Gasteiger partial charge in [0.25, 0.3) is 5.91 Å². The lowest BCUT2D eigenvalue weighted by molar-refractivity contribution is 0.0951. The van der Waals surface area contributed by atoms with Crippen LogP contribution >= 0.6 is 11.6 Å². The SMILES string of the molecule is Cn1ccc(CNC(=O)c2cccc(Cl)c2N)n1. The van der Waals surface area contributed by atoms with Crippen LogP contribution in [0, 0.1) is 0 Å². The number of nitrogen functional groups attached to an aromatic ring is 1. The fourth-order valence-corrected chi connectivity index (χ4v) is 1.73. The van der Waals surface area contributed by atoms with E-state index in [2.05, 4.69) is 10.4 Å². The highest BCUT2D eigenvalue weighted by Crippen LogP contribution is 2.22. The monoisotopic (exact) mass is 264 g/mol. The number of nitrogens with zero attached hydrogens (tertiary/aromatic N) is 2. The van der Waals surface area contributed by atoms with Gasteiger partial charge in [0, 0.05) is 13.2 Å². The predicted molar refractivity (Wildman–Crippen MR) is 70.2 cm³/mol. The van der Waals surface area contributed by atoms with Crippen LogP contribution in [0.4, 0.5) is 5.69 Å². The lowest BCUT2D eigenvalue weighted by atomic mass is 10.1. The summed E-state index contributed by atoms with van der Waals surface area (Å²) in [5.74, 6) is -0.263. The number of anilines is 1. The Morgan fingerprint density at radius 2 is 2.28 bits per heavy atom. The molecule has 0 aliphatic rings. The highest BCUT2D eigenvalue weighted by atomic mass is 35.5. The van der Waals surface area contributed by atoms with E-state index in [-0.39, 0.29) is 11.6 Å². The van der Waals surface area contributed by atoms with Crippen LogP contribution in [0.2, 0.25) is 5.02 Å². The van der Waals surface area contributed by atoms with Crippen LogP contribution in [0.5, 0.6) is 0 Å². The summed E-state index contributed by atoms with van der Waals surface area (Å²) < 4.78 is 1.68. The maximum Gasteiger partial charge on any atom is 0.253 e. The van der Waals surface area contributed by atoms with Crippen molar-refractivity contribution in [1.29, 1.82) is 0 Å². The molecule has 1 aromatic carbocycles. The number of amides is 1. The number of aryl methyl sites for hydroxylation is 1. The Hall–Kier alpha value is -2.01. The van der Waals surface area contributed by atoms with Crippen molar-refractivity contribution >= 4 is 23.2 Å². The van der Waals surface area contributed by atoms with Crippen molar-refractivity contribution in [2.24, 2.45) is 7.05 Å². The van der Waals surface area contributed by atoms with Crippen molar-refractivity contribution in [1.82, 2.24) is 15.1 Å². The maximum absolute atomic E-state index is 11.9. The lowest BCUT2D eigenvalue weighted by Gasteiger charge is -2.07. The fraction of sp³-hybridized carbons (Fsp3) is 0.167. The Bertz CT molecular complexity index is 579. The molecule has 0 aliphatic heterocycles. The Morgan fingerprint density at radius 3 is 2.94 bits per heavy atom. The van der Waals surface area contributed by atoms with Gasteiger partial charge in [-0.1, -0.05) is 17.7 Å². The number of aromatic nitrogens is 2. The van der Waals surface area contributed by atoms with Gasteiger partial charge in [-0.05, 0) is 18.2 Å². The molecule has 1 heterocycles. The molecule has 0 unspecified atom stereocenters. The van der Waals surface area contributed by atoms with Gasteiger partial charge in [0.15, 0.2) is 0 Å². The molecule has 0 atom stereocenters. The maximum atomic E-state index is 11.9. The quantitative estimate of drug-likeness (QED) is 0.827. The topological polar surface area (TPSA) is 72.9 Å². The molecule has 1 aromatic heterocycles. The second-order valence-corrected chi connectivity index (χ2v) is 4.27. The van der Waals surface area contributed by atoms with Gasteiger partial charge < -0.3 is 11.1 Å². The van der Waals surface area contributed by atoms with Gasteiger partial charge in [0.2, 0.25) is 0 Å². The Kier molecular flexibility index (Phi) is 3.53. The number of nitrogens with one attached hydrogen (secondary N) is 1. The molecule has 0 fully saturated rings. The molecule has 1 amide bonds. The molecular weight excluding hydrogens is 252 g/mol. The highest BCUT2D eigenvalue weighted by molar-refractivity contribution is 6.33. The number of carbonyl (C=O) groups is 1. The van der Waals surface area contributed by atoms with E-state index in [1.54, 1.807) is 22.9 Å². The van der Waals surface area contributed by atoms with Crippen LogP contribution in [0.3, 0.4) is 0 Å². The summed E-state index contributed by atoms with van der Waals surface area (Å²) in [5.41, 5.74) is 7.19. The van der Waals surface area contributed by atoms with E-state index >= 15 is 0 Å². The van der Waals surface area contributed by atoms with Gasteiger partial charge >= 0.3 is 0 Å². The third-order valence-electron chi connectivity index (χ3n) is 2.50. The number of nitrogens with two attached hydrogens (primary N) is 1. The van der Waals surface area contributed by atoms with Crippen LogP contribution < -0.4 is 11.1 Å². The Balaban J connectivity index is 2.06. The van der Waals surface area contributed by atoms with Crippen LogP contribution in [0.1, 0.15) is 16.1 Å². The third-order valence-corrected chi connectivity index (χ3v) is 2.83. The van der Waals surface area contributed by atoms with Gasteiger partial charge in [0.05, 0.1) is 28.5 Å². The van der Waals surface area contributed by atoms with Gasteiger partial charge in [-0.3, -0.25) is 9.48 Å². The second kappa shape index (κ2) is 5.10. The van der Waals surface area contributed by atoms with Gasteiger partial charge in [-0.2, -0.15) is 5.10 Å². The van der Waals surface area contributed by atoms with Gasteiger partial charge in [-0.15, -0.1) is 0 Å². The number of halogens is 1. The smallest absolute Gasteiger partial charge is 0.253 e. The van der Waals surface area contributed by atoms with Gasteiger partial charge in [-0.25, -0.2) is 0 Å². The van der Waals surface area contributed by atoms with E-state index in [0.717, 1.165) is 5.69 Å². The van der Waals surface area contributed by atoms with E-state index in [4.69, 9.17) is 17.3 Å². The molecule has 6 heteroatoms. The molecule has 0 spiro atoms. The first kappa shape index (κ1) is 12.4. The number of hydrogen-bond acceptors (Lipinski definition) is 3. The number of carbonyl (C=O) groups excluding carboxylic acids is 1. The summed E-state index contributed by atoms with van der Waals surface area (Å²) in [6.45, 7) is 0.353. The number of rotatable bonds is 3. The number of para-hydroxylation sites is 1. The van der Waals surface area contributed by atoms with E-state index in [1.807, 2.05) is 19.3 Å². The zero-order valence-electron chi connectivity index (χ0n) is 9.85. The third kappa shape index (κ3) is 2.62. The lowest BCUT2D eigenvalue weighted by Crippen LogP contribution is -2.24. The summed E-state index contributed by atoms with van der Waals surface area (Å²) in [4.78, 5) is 11.9. The van der Waals surface area contributed by atoms with Crippen LogP contribution in [0.25, 0.3) is 0 Å². The summed E-state index contributed by atoms with van der Waals surface area (Å²) in [5, 5.41) is 7.28. The van der Waals surface area contributed by atoms with Crippen molar-refractivity contribution in [2.45, 2.75) is 6.54 Å². The molecule has 0 saturated heterocycles. The minimum absolute atomic E-state index is 0.263. The van der Waals surface area contributed by atoms with Crippen LogP contribution in [-0.4, -0.2) is 15.7 Å². The summed E-state index contributed by atoms with van der Waals surface area (Å²) in [7, 11) is 1.82. The predicted octanol–water partition coefficient (Wildman–Crippen LogP) is 1.59. The molecule has 0 radical (unpaired) electrons. The minimum Gasteiger partial charge on any atom is -0.397 e. The molecule has 18 heavy (non-hydrogen) atoms. The average Bonchev–Trinajstić information content (AvgIpc) is 2.76. The summed E-state index contributed by atoms with van der Waals surface area (Å²) in [6.07, 6.45) is 1.81. The van der Waals surface area contributed by atoms with Crippen molar-refractivity contribution in [3.63, 3.8) is 0 Å². The van der Waals surface area contributed by atoms with E-state index in [9.17, 15) is 4.79 Å². The summed E-state index contributed by atoms with van der Waals surface area (Å²) >= 11 is 5.86. The minimum atomic E-state index is -0.263. The first-order valence-electron chi connectivity index (χ1n) is 5.38. The second-order valence-electron chi connectivity index (χ2n) is 3.86. The molecular formula is C12H13ClN4O. The normalized spacial score (nSPS) is 10.3. The first-order chi connectivity index (χ1) is 8.58. The van der Waals surface area contributed by atoms with E-state index < -0.39 is 0 Å². The van der Waals surface area contributed by atoms with Crippen molar-refractivity contribution < 1.29 is 4.79 Å². The zero-order valence-corrected chi connectivity index (χ0v) is 10.6. The van der Waals surface area contributed by atoms with Crippen LogP contribution in [-0.2, 0) is 13.6 Å². The summed E-state index contributed by atoms with van der Waals surface area (Å²) in [6, 6.07) is 6.80. The highest BCUT2D eigenvalue weighted by Gasteiger charge is 2.11. The van der Waals surface area contributed by atoms with Gasteiger partial charge in [0.1, 0.15) is 0 Å². The Labute approximate surface area is 110 Å². The average molecular weight is 265 g/mol. The zero-order chi connectivity index (χ0) is 13.1. The first-order valence-corrected chi connectivity index (χ1v) is 5.76. The Morgan fingerprint density at radius 1 is 1.50 bits per heavy atom. The van der Waals surface area contributed by atoms with Crippen molar-refractivity contribution in [2.75, 3.05) is 5.73 Å². The van der Waals surface area contributed by atoms with Crippen molar-refractivity contribution in [3.05, 3.63) is 46.7 Å². The van der Waals surface area contributed by atoms with E-state index in [0.29, 0.717) is 17.1 Å². The molecule has 0 bridgehead atoms. The number of hydrogen-bond donors (Lipinski definition) is 2. The molecule has 3 N–H and O–H groups in total. The van der Waals surface area contributed by atoms with Crippen LogP contribution in [0.15, 0.2) is 30.5 Å². The largest absolute Gasteiger partial charge is 0.397 e.